The van der Waals surface area contributed by atoms with Crippen LogP contribution in [-0.2, 0) is 9.47 Å². The Morgan fingerprint density at radius 3 is 0.849 bits per heavy atom. The molecule has 2 rings (SSSR count). The minimum atomic E-state index is -1.38. The van der Waals surface area contributed by atoms with Crippen molar-refractivity contribution >= 4 is 47.8 Å². The summed E-state index contributed by atoms with van der Waals surface area (Å²) < 4.78 is 10.2. The average molecular weight is 1120 g/mol. The van der Waals surface area contributed by atoms with Gasteiger partial charge in [-0.25, -0.2) is 9.59 Å². The quantitative estimate of drug-likeness (QED) is 0.0278. The number of carboxylic acid groups (broad SMARTS) is 2. The number of allylic oxidation sites excluding steroid dienone is 2. The molecule has 2 aromatic rings. The zero-order valence-corrected chi connectivity index (χ0v) is 49.8. The molecule has 0 aliphatic rings. The molecule has 0 aliphatic carbocycles. The van der Waals surface area contributed by atoms with Crippen LogP contribution in [0.25, 0.3) is 0 Å². The van der Waals surface area contributed by atoms with Crippen molar-refractivity contribution in [1.82, 2.24) is 0 Å². The van der Waals surface area contributed by atoms with Crippen molar-refractivity contribution in [3.05, 3.63) is 109 Å². The average Bonchev–Trinajstić information content (AvgIpc) is 3.39. The molecule has 9 heteroatoms. The number of rotatable bonds is 42. The monoisotopic (exact) mass is 1120 g/mol. The molecule has 0 saturated heterocycles. The molecular formula is C64H104O8Sn. The zero-order valence-electron chi connectivity index (χ0n) is 47.0. The molecule has 412 valence electrons. The Labute approximate surface area is 465 Å². The molecule has 4 radical (unpaired) electrons. The Balaban J connectivity index is -0.00000102. The summed E-state index contributed by atoms with van der Waals surface area (Å²) in [5, 5.41) is 22.0. The second kappa shape index (κ2) is 59.5. The maximum atomic E-state index is 12.0. The molecule has 0 spiro atoms. The van der Waals surface area contributed by atoms with Gasteiger partial charge in [-0.3, -0.25) is 0 Å². The summed E-state index contributed by atoms with van der Waals surface area (Å²) in [6.45, 7) is 16.9. The third kappa shape index (κ3) is 49.3. The van der Waals surface area contributed by atoms with Crippen LogP contribution in [0.5, 0.6) is 0 Å². The van der Waals surface area contributed by atoms with Gasteiger partial charge in [0.15, 0.2) is 0 Å². The molecule has 0 atom stereocenters. The Morgan fingerprint density at radius 2 is 0.603 bits per heavy atom. The Kier molecular flexibility index (Phi) is 60.2. The molecule has 0 amide bonds. The van der Waals surface area contributed by atoms with Gasteiger partial charge in [-0.1, -0.05) is 308 Å². The number of esters is 2. The summed E-state index contributed by atoms with van der Waals surface area (Å²) in [5.41, 5.74) is -0.225. The molecule has 0 saturated carbocycles. The van der Waals surface area contributed by atoms with E-state index >= 15 is 0 Å². The molecule has 0 bridgehead atoms. The number of hydrogen-bond donors (Lipinski definition) is 0. The van der Waals surface area contributed by atoms with Crippen molar-refractivity contribution in [3.63, 3.8) is 0 Å². The first-order chi connectivity index (χ1) is 35.2. The fraction of sp³-hybridized carbons (Fsp3) is 0.656. The first-order valence-corrected chi connectivity index (χ1v) is 29.0. The van der Waals surface area contributed by atoms with Crippen LogP contribution in [0, 0.1) is 13.8 Å². The van der Waals surface area contributed by atoms with Gasteiger partial charge >= 0.3 is 35.8 Å². The van der Waals surface area contributed by atoms with Gasteiger partial charge in [0.05, 0.1) is 23.1 Å². The van der Waals surface area contributed by atoms with Gasteiger partial charge in [0.1, 0.15) is 13.2 Å². The zero-order chi connectivity index (χ0) is 53.4. The summed E-state index contributed by atoms with van der Waals surface area (Å²) in [6, 6.07) is 11.9. The van der Waals surface area contributed by atoms with E-state index in [1.54, 1.807) is 24.3 Å². The third-order valence-electron chi connectivity index (χ3n) is 12.3. The molecule has 0 heterocycles. The van der Waals surface area contributed by atoms with E-state index in [2.05, 4.69) is 41.5 Å². The van der Waals surface area contributed by atoms with E-state index in [-0.39, 0.29) is 59.4 Å². The van der Waals surface area contributed by atoms with Crippen LogP contribution >= 0.6 is 0 Å². The van der Waals surface area contributed by atoms with E-state index in [0.717, 1.165) is 38.5 Å². The molecule has 0 aromatic heterocycles. The molecular weight excluding hydrogens is 1020 g/mol. The van der Waals surface area contributed by atoms with Crippen LogP contribution in [0.1, 0.15) is 300 Å². The second-order valence-electron chi connectivity index (χ2n) is 19.0. The topological polar surface area (TPSA) is 133 Å². The Morgan fingerprint density at radius 1 is 0.370 bits per heavy atom. The minimum Gasteiger partial charge on any atom is -0.545 e. The van der Waals surface area contributed by atoms with E-state index in [1.807, 2.05) is 24.3 Å². The van der Waals surface area contributed by atoms with E-state index in [4.69, 9.17) is 9.47 Å². The summed E-state index contributed by atoms with van der Waals surface area (Å²) in [5.74, 6) is -4.03. The van der Waals surface area contributed by atoms with Crippen molar-refractivity contribution in [2.45, 2.75) is 259 Å². The predicted molar refractivity (Wildman–Crippen MR) is 306 cm³/mol. The van der Waals surface area contributed by atoms with E-state index in [0.29, 0.717) is 0 Å². The fourth-order valence-electron chi connectivity index (χ4n) is 7.87. The molecule has 0 unspecified atom stereocenters. The number of hydrogen-bond acceptors (Lipinski definition) is 8. The first kappa shape index (κ1) is 73.8. The number of benzene rings is 2. The number of ether oxygens (including phenoxy) is 2. The van der Waals surface area contributed by atoms with Gasteiger partial charge in [0.2, 0.25) is 0 Å². The van der Waals surface area contributed by atoms with Crippen LogP contribution in [-0.4, -0.2) is 61.0 Å². The molecule has 0 N–H and O–H groups in total. The van der Waals surface area contributed by atoms with E-state index in [9.17, 15) is 29.4 Å². The number of aromatic carboxylic acids is 2. The van der Waals surface area contributed by atoms with Crippen molar-refractivity contribution in [2.75, 3.05) is 13.2 Å². The fourth-order valence-corrected chi connectivity index (χ4v) is 7.87. The normalized spacial score (nSPS) is 10.6. The molecule has 0 fully saturated rings. The van der Waals surface area contributed by atoms with Crippen LogP contribution in [0.15, 0.2) is 72.8 Å². The molecule has 73 heavy (non-hydrogen) atoms. The second-order valence-corrected chi connectivity index (χ2v) is 19.0. The largest absolute Gasteiger partial charge is 2.00 e. The van der Waals surface area contributed by atoms with Crippen molar-refractivity contribution in [1.29, 1.82) is 0 Å². The van der Waals surface area contributed by atoms with Gasteiger partial charge < -0.3 is 29.3 Å². The maximum Gasteiger partial charge on any atom is 2.00 e. The SMILES string of the molecule is CCCCCCCCCCCCC/C=C/COC(=O)c1ccccc1C(=O)[O-].CCCCCCCCCCCCC/C=C/COC(=O)c1ccccc1C(=O)[O-].[CH2]CCCCCCC.[CH2]CCCCCCC.[Sn+2]. The van der Waals surface area contributed by atoms with Crippen molar-refractivity contribution < 1.29 is 38.9 Å². The smallest absolute Gasteiger partial charge is 0.545 e. The van der Waals surface area contributed by atoms with Crippen LogP contribution in [0.4, 0.5) is 0 Å². The molecule has 2 aromatic carbocycles. The minimum absolute atomic E-state index is 0. The van der Waals surface area contributed by atoms with Crippen LogP contribution in [0.3, 0.4) is 0 Å². The standard InChI is InChI=1S/2C24H36O4.2C8H17.Sn/c2*1-2-3-4-5-6-7-8-9-10-11-12-13-14-17-20-28-24(27)22-19-16-15-18-21(22)23(25)26;2*1-3-5-7-8-6-4-2;/h2*14-19H,2-13,20H2,1H3,(H,25,26);2*1,3-8H2,2H3;/q;;;;+2/p-2/b2*17-14+;;;. The predicted octanol–water partition coefficient (Wildman–Crippen LogP) is 16.9. The van der Waals surface area contributed by atoms with E-state index < -0.39 is 23.9 Å². The molecule has 0 aliphatic heterocycles. The van der Waals surface area contributed by atoms with Crippen molar-refractivity contribution in [2.24, 2.45) is 0 Å². The number of carbonyl (C=O) groups is 4. The Bertz CT molecular complexity index is 1470. The van der Waals surface area contributed by atoms with E-state index in [1.165, 1.54) is 217 Å². The van der Waals surface area contributed by atoms with Crippen LogP contribution < -0.4 is 10.2 Å². The summed E-state index contributed by atoms with van der Waals surface area (Å²) >= 11 is 0. The number of carbonyl (C=O) groups excluding carboxylic acids is 4. The van der Waals surface area contributed by atoms with Gasteiger partial charge in [-0.15, -0.1) is 0 Å². The van der Waals surface area contributed by atoms with Gasteiger partial charge in [0.25, 0.3) is 0 Å². The first-order valence-electron chi connectivity index (χ1n) is 29.0. The summed E-state index contributed by atoms with van der Waals surface area (Å²) in [7, 11) is 0. The van der Waals surface area contributed by atoms with Gasteiger partial charge in [0, 0.05) is 11.1 Å². The maximum absolute atomic E-state index is 12.0. The van der Waals surface area contributed by atoms with Gasteiger partial charge in [-0.05, 0) is 37.8 Å². The number of unbranched alkanes of at least 4 members (excludes halogenated alkanes) is 32. The van der Waals surface area contributed by atoms with Gasteiger partial charge in [-0.2, -0.15) is 0 Å². The molecule has 8 nitrogen and oxygen atoms in total. The summed E-state index contributed by atoms with van der Waals surface area (Å²) in [6.07, 6.45) is 54.7. The van der Waals surface area contributed by atoms with Crippen molar-refractivity contribution in [3.8, 4) is 0 Å². The Hall–Kier alpha value is -3.40. The third-order valence-corrected chi connectivity index (χ3v) is 12.3. The summed E-state index contributed by atoms with van der Waals surface area (Å²) in [4.78, 5) is 45.9. The van der Waals surface area contributed by atoms with Crippen LogP contribution in [0.2, 0.25) is 0 Å². The number of carboxylic acids is 2.